The van der Waals surface area contributed by atoms with E-state index in [1.807, 2.05) is 12.1 Å². The summed E-state index contributed by atoms with van der Waals surface area (Å²) in [6.45, 7) is 8.67. The standard InChI is InChI=1S/C27H36OS2/c1-5-13-26(28)27(29-24-16-8-6-9-17-24,30-25-18-10-7-11-19-25)21-20-23(4)15-12-14-22(2)3/h6-11,14,16-20,26,28H,5,12-13,15,21H2,1-4H3/b23-20-. The van der Waals surface area contributed by atoms with Crippen LogP contribution in [0.2, 0.25) is 0 Å². The monoisotopic (exact) mass is 440 g/mol. The van der Waals surface area contributed by atoms with Gasteiger partial charge in [0, 0.05) is 9.79 Å². The second-order valence-electron chi connectivity index (χ2n) is 8.02. The van der Waals surface area contributed by atoms with Gasteiger partial charge in [-0.3, -0.25) is 0 Å². The number of rotatable bonds is 12. The lowest BCUT2D eigenvalue weighted by Crippen LogP contribution is -2.35. The van der Waals surface area contributed by atoms with Gasteiger partial charge in [-0.15, -0.1) is 23.5 Å². The highest BCUT2D eigenvalue weighted by molar-refractivity contribution is 8.18. The highest BCUT2D eigenvalue weighted by atomic mass is 32.2. The summed E-state index contributed by atoms with van der Waals surface area (Å²) < 4.78 is -0.365. The molecule has 1 atom stereocenters. The number of hydrogen-bond acceptors (Lipinski definition) is 3. The number of benzene rings is 2. The van der Waals surface area contributed by atoms with E-state index >= 15 is 0 Å². The molecule has 1 unspecified atom stereocenters. The van der Waals surface area contributed by atoms with E-state index in [9.17, 15) is 5.11 Å². The van der Waals surface area contributed by atoms with Crippen LogP contribution in [0.3, 0.4) is 0 Å². The molecule has 0 radical (unpaired) electrons. The third kappa shape index (κ3) is 8.37. The van der Waals surface area contributed by atoms with Gasteiger partial charge in [-0.05, 0) is 70.7 Å². The van der Waals surface area contributed by atoms with Crippen LogP contribution in [0, 0.1) is 0 Å². The van der Waals surface area contributed by atoms with Crippen LogP contribution in [0.25, 0.3) is 0 Å². The van der Waals surface area contributed by atoms with E-state index in [1.54, 1.807) is 23.5 Å². The predicted molar refractivity (Wildman–Crippen MR) is 135 cm³/mol. The van der Waals surface area contributed by atoms with Gasteiger partial charge in [0.15, 0.2) is 0 Å². The van der Waals surface area contributed by atoms with E-state index < -0.39 is 6.10 Å². The molecule has 162 valence electrons. The Morgan fingerprint density at radius 3 is 1.90 bits per heavy atom. The fraction of sp³-hybridized carbons (Fsp3) is 0.407. The van der Waals surface area contributed by atoms with Crippen molar-refractivity contribution in [3.63, 3.8) is 0 Å². The third-order valence-corrected chi connectivity index (χ3v) is 8.05. The SMILES string of the molecule is CCCC(O)C(C/C=C(/C)CCC=C(C)C)(Sc1ccccc1)Sc1ccccc1. The lowest BCUT2D eigenvalue weighted by Gasteiger charge is -2.37. The lowest BCUT2D eigenvalue weighted by atomic mass is 10.0. The van der Waals surface area contributed by atoms with Crippen molar-refractivity contribution in [1.82, 2.24) is 0 Å². The Morgan fingerprint density at radius 2 is 1.43 bits per heavy atom. The second-order valence-corrected chi connectivity index (χ2v) is 11.1. The fourth-order valence-electron chi connectivity index (χ4n) is 3.25. The topological polar surface area (TPSA) is 20.2 Å². The van der Waals surface area contributed by atoms with E-state index in [0.29, 0.717) is 0 Å². The summed E-state index contributed by atoms with van der Waals surface area (Å²) in [7, 11) is 0. The van der Waals surface area contributed by atoms with Gasteiger partial charge < -0.3 is 5.11 Å². The Kier molecular flexibility index (Phi) is 10.8. The first-order chi connectivity index (χ1) is 14.4. The van der Waals surface area contributed by atoms with Crippen molar-refractivity contribution in [2.24, 2.45) is 0 Å². The van der Waals surface area contributed by atoms with Gasteiger partial charge in [0.1, 0.15) is 0 Å². The van der Waals surface area contributed by atoms with Crippen molar-refractivity contribution < 1.29 is 5.11 Å². The molecule has 3 heteroatoms. The summed E-state index contributed by atoms with van der Waals surface area (Å²) in [4.78, 5) is 2.40. The first kappa shape index (κ1) is 24.8. The van der Waals surface area contributed by atoms with Crippen LogP contribution in [0.5, 0.6) is 0 Å². The van der Waals surface area contributed by atoms with Crippen LogP contribution < -0.4 is 0 Å². The van der Waals surface area contributed by atoms with Gasteiger partial charge in [-0.1, -0.05) is 73.0 Å². The van der Waals surface area contributed by atoms with Crippen molar-refractivity contribution in [2.75, 3.05) is 0 Å². The predicted octanol–water partition coefficient (Wildman–Crippen LogP) is 8.51. The zero-order valence-electron chi connectivity index (χ0n) is 18.8. The summed E-state index contributed by atoms with van der Waals surface area (Å²) >= 11 is 3.61. The smallest absolute Gasteiger partial charge is 0.0996 e. The molecule has 1 nitrogen and oxygen atoms in total. The minimum Gasteiger partial charge on any atom is -0.391 e. The summed E-state index contributed by atoms with van der Waals surface area (Å²) in [5.41, 5.74) is 2.76. The maximum absolute atomic E-state index is 11.4. The van der Waals surface area contributed by atoms with E-state index in [2.05, 4.69) is 88.4 Å². The molecule has 30 heavy (non-hydrogen) atoms. The summed E-state index contributed by atoms with van der Waals surface area (Å²) in [5, 5.41) is 11.4. The van der Waals surface area contributed by atoms with Gasteiger partial charge in [-0.2, -0.15) is 0 Å². The third-order valence-electron chi connectivity index (χ3n) is 4.96. The van der Waals surface area contributed by atoms with Crippen LogP contribution in [0.1, 0.15) is 59.8 Å². The van der Waals surface area contributed by atoms with Crippen LogP contribution in [-0.4, -0.2) is 15.3 Å². The fourth-order valence-corrected chi connectivity index (χ4v) is 6.22. The van der Waals surface area contributed by atoms with Crippen molar-refractivity contribution in [3.8, 4) is 0 Å². The molecular weight excluding hydrogens is 404 g/mol. The summed E-state index contributed by atoms with van der Waals surface area (Å²) in [6.07, 6.45) is 8.98. The molecule has 0 aromatic heterocycles. The molecule has 2 aromatic rings. The quantitative estimate of drug-likeness (QED) is 0.203. The highest BCUT2D eigenvalue weighted by Crippen LogP contribution is 2.51. The number of thioether (sulfide) groups is 2. The van der Waals surface area contributed by atoms with Gasteiger partial charge in [-0.25, -0.2) is 0 Å². The van der Waals surface area contributed by atoms with Crippen molar-refractivity contribution in [2.45, 2.75) is 79.8 Å². The second kappa shape index (κ2) is 13.1. The van der Waals surface area contributed by atoms with Crippen molar-refractivity contribution >= 4 is 23.5 Å². The van der Waals surface area contributed by atoms with Crippen LogP contribution in [0.15, 0.2) is 93.8 Å². The average molecular weight is 441 g/mol. The largest absolute Gasteiger partial charge is 0.391 e. The Morgan fingerprint density at radius 1 is 0.900 bits per heavy atom. The van der Waals surface area contributed by atoms with E-state index in [1.165, 1.54) is 20.9 Å². The highest BCUT2D eigenvalue weighted by Gasteiger charge is 2.39. The summed E-state index contributed by atoms with van der Waals surface area (Å²) in [6, 6.07) is 21.0. The molecule has 2 aromatic carbocycles. The normalized spacial score (nSPS) is 13.2. The Hall–Kier alpha value is -1.42. The Labute approximate surface area is 192 Å². The summed E-state index contributed by atoms with van der Waals surface area (Å²) in [5.74, 6) is 0. The number of aliphatic hydroxyl groups excluding tert-OH is 1. The van der Waals surface area contributed by atoms with Gasteiger partial charge >= 0.3 is 0 Å². The van der Waals surface area contributed by atoms with Gasteiger partial charge in [0.05, 0.1) is 10.2 Å². The molecule has 0 spiro atoms. The molecule has 1 N–H and O–H groups in total. The minimum atomic E-state index is -0.403. The number of aliphatic hydroxyl groups is 1. The zero-order valence-corrected chi connectivity index (χ0v) is 20.4. The molecular formula is C27H36OS2. The Balaban J connectivity index is 2.34. The maximum atomic E-state index is 11.4. The molecule has 0 amide bonds. The first-order valence-corrected chi connectivity index (χ1v) is 12.5. The maximum Gasteiger partial charge on any atom is 0.0996 e. The molecule has 0 saturated carbocycles. The van der Waals surface area contributed by atoms with Crippen molar-refractivity contribution in [1.29, 1.82) is 0 Å². The first-order valence-electron chi connectivity index (χ1n) is 10.9. The van der Waals surface area contributed by atoms with Crippen LogP contribution in [-0.2, 0) is 0 Å². The Bertz CT molecular complexity index is 751. The number of hydrogen-bond donors (Lipinski definition) is 1. The molecule has 0 bridgehead atoms. The zero-order chi connectivity index (χ0) is 21.8. The average Bonchev–Trinajstić information content (AvgIpc) is 2.73. The van der Waals surface area contributed by atoms with Gasteiger partial charge in [0.25, 0.3) is 0 Å². The van der Waals surface area contributed by atoms with E-state index in [0.717, 1.165) is 32.1 Å². The molecule has 0 aliphatic heterocycles. The van der Waals surface area contributed by atoms with E-state index in [-0.39, 0.29) is 4.08 Å². The number of allylic oxidation sites excluding steroid dienone is 4. The molecule has 0 aliphatic rings. The molecule has 0 aliphatic carbocycles. The van der Waals surface area contributed by atoms with Crippen molar-refractivity contribution in [3.05, 3.63) is 84.0 Å². The molecule has 0 saturated heterocycles. The van der Waals surface area contributed by atoms with Crippen LogP contribution in [0.4, 0.5) is 0 Å². The molecule has 0 fully saturated rings. The molecule has 2 rings (SSSR count). The van der Waals surface area contributed by atoms with Crippen LogP contribution >= 0.6 is 23.5 Å². The molecule has 0 heterocycles. The van der Waals surface area contributed by atoms with E-state index in [4.69, 9.17) is 0 Å². The minimum absolute atomic E-state index is 0.365. The van der Waals surface area contributed by atoms with Gasteiger partial charge in [0.2, 0.25) is 0 Å². The lowest BCUT2D eigenvalue weighted by molar-refractivity contribution is 0.150.